The van der Waals surface area contributed by atoms with Gasteiger partial charge in [-0.3, -0.25) is 9.97 Å². The van der Waals surface area contributed by atoms with Gasteiger partial charge in [0.25, 0.3) is 0 Å². The molecule has 2 rings (SSSR count). The van der Waals surface area contributed by atoms with E-state index in [-0.39, 0.29) is 16.8 Å². The fraction of sp³-hybridized carbons (Fsp3) is 0. The Balaban J connectivity index is 0.000000284. The molecule has 0 N–H and O–H groups in total. The van der Waals surface area contributed by atoms with Gasteiger partial charge < -0.3 is 0 Å². The summed E-state index contributed by atoms with van der Waals surface area (Å²) in [6, 6.07) is 7.64. The van der Waals surface area contributed by atoms with Gasteiger partial charge in [0.2, 0.25) is 0 Å². The summed E-state index contributed by atoms with van der Waals surface area (Å²) in [7, 11) is 0. The van der Waals surface area contributed by atoms with Gasteiger partial charge in [-0.05, 0) is 35.4 Å². The molecular formula is C14H14CoN2+2. The van der Waals surface area contributed by atoms with Crippen molar-refractivity contribution in [2.45, 2.75) is 0 Å². The Labute approximate surface area is 112 Å². The van der Waals surface area contributed by atoms with E-state index in [0.29, 0.717) is 0 Å². The maximum Gasteiger partial charge on any atom is 2.00 e. The van der Waals surface area contributed by atoms with E-state index in [1.54, 1.807) is 36.9 Å². The normalized spacial score (nSPS) is 8.00. The van der Waals surface area contributed by atoms with Crippen LogP contribution in [0.5, 0.6) is 0 Å². The minimum Gasteiger partial charge on any atom is -0.265 e. The van der Waals surface area contributed by atoms with Gasteiger partial charge in [-0.2, -0.15) is 0 Å². The van der Waals surface area contributed by atoms with Crippen molar-refractivity contribution >= 4 is 12.2 Å². The van der Waals surface area contributed by atoms with Gasteiger partial charge >= 0.3 is 16.8 Å². The van der Waals surface area contributed by atoms with Gasteiger partial charge in [-0.15, -0.1) is 0 Å². The molecule has 0 fully saturated rings. The Hall–Kier alpha value is -1.71. The van der Waals surface area contributed by atoms with Crippen LogP contribution in [0.25, 0.3) is 12.2 Å². The zero-order valence-electron chi connectivity index (χ0n) is 9.42. The first-order valence-corrected chi connectivity index (χ1v) is 4.91. The second-order valence-electron chi connectivity index (χ2n) is 2.97. The minimum absolute atomic E-state index is 0. The van der Waals surface area contributed by atoms with Crippen molar-refractivity contribution in [2.24, 2.45) is 0 Å². The van der Waals surface area contributed by atoms with E-state index in [4.69, 9.17) is 0 Å². The predicted octanol–water partition coefficient (Wildman–Crippen LogP) is 3.45. The van der Waals surface area contributed by atoms with E-state index < -0.39 is 0 Å². The summed E-state index contributed by atoms with van der Waals surface area (Å²) in [4.78, 5) is 7.69. The van der Waals surface area contributed by atoms with E-state index in [1.165, 1.54) is 0 Å². The molecule has 2 nitrogen and oxygen atoms in total. The third-order valence-electron chi connectivity index (χ3n) is 1.88. The van der Waals surface area contributed by atoms with Crippen LogP contribution in [0.15, 0.2) is 62.2 Å². The molecule has 2 aromatic rings. The summed E-state index contributed by atoms with van der Waals surface area (Å²) in [5.41, 5.74) is 2.22. The molecule has 2 heterocycles. The Morgan fingerprint density at radius 3 is 1.18 bits per heavy atom. The third-order valence-corrected chi connectivity index (χ3v) is 1.88. The van der Waals surface area contributed by atoms with Crippen LogP contribution in [-0.4, -0.2) is 9.97 Å². The quantitative estimate of drug-likeness (QED) is 0.834. The third kappa shape index (κ3) is 6.45. The number of aromatic nitrogens is 2. The summed E-state index contributed by atoms with van der Waals surface area (Å²) >= 11 is 0. The molecule has 0 amide bonds. The van der Waals surface area contributed by atoms with Gasteiger partial charge in [0, 0.05) is 24.8 Å². The molecule has 0 aliphatic heterocycles. The summed E-state index contributed by atoms with van der Waals surface area (Å²) in [6.07, 6.45) is 10.6. The van der Waals surface area contributed by atoms with Crippen molar-refractivity contribution in [3.05, 3.63) is 73.3 Å². The van der Waals surface area contributed by atoms with Crippen LogP contribution < -0.4 is 0 Å². The summed E-state index contributed by atoms with van der Waals surface area (Å²) in [5.74, 6) is 0. The van der Waals surface area contributed by atoms with Crippen LogP contribution in [0.4, 0.5) is 0 Å². The molecule has 0 aliphatic rings. The first-order chi connectivity index (χ1) is 7.86. The van der Waals surface area contributed by atoms with Crippen LogP contribution in [0.1, 0.15) is 11.1 Å². The average Bonchev–Trinajstić information content (AvgIpc) is 2.41. The van der Waals surface area contributed by atoms with Crippen molar-refractivity contribution in [1.29, 1.82) is 0 Å². The zero-order valence-corrected chi connectivity index (χ0v) is 10.5. The Kier molecular flexibility index (Phi) is 8.55. The second-order valence-corrected chi connectivity index (χ2v) is 2.97. The predicted molar refractivity (Wildman–Crippen MR) is 68.7 cm³/mol. The minimum atomic E-state index is 0. The van der Waals surface area contributed by atoms with Gasteiger partial charge in [0.15, 0.2) is 0 Å². The van der Waals surface area contributed by atoms with Crippen LogP contribution in [-0.2, 0) is 16.8 Å². The number of rotatable bonds is 2. The molecule has 0 unspecified atom stereocenters. The van der Waals surface area contributed by atoms with Crippen molar-refractivity contribution in [3.63, 3.8) is 0 Å². The number of pyridine rings is 2. The molecule has 2 aromatic heterocycles. The van der Waals surface area contributed by atoms with Crippen molar-refractivity contribution in [1.82, 2.24) is 9.97 Å². The smallest absolute Gasteiger partial charge is 0.265 e. The Morgan fingerprint density at radius 1 is 0.706 bits per heavy atom. The van der Waals surface area contributed by atoms with E-state index >= 15 is 0 Å². The standard InChI is InChI=1S/2C7H7N.Co/c2*1-2-7-3-5-8-6-4-7;/h2*2-6H,1H2;/q;;+2. The molecule has 0 bridgehead atoms. The number of hydrogen-bond acceptors (Lipinski definition) is 2. The van der Waals surface area contributed by atoms with E-state index in [0.717, 1.165) is 11.1 Å². The van der Waals surface area contributed by atoms with Crippen molar-refractivity contribution in [3.8, 4) is 0 Å². The molecule has 0 atom stereocenters. The molecule has 1 radical (unpaired) electrons. The zero-order chi connectivity index (χ0) is 11.6. The average molecular weight is 269 g/mol. The van der Waals surface area contributed by atoms with Crippen molar-refractivity contribution in [2.75, 3.05) is 0 Å². The van der Waals surface area contributed by atoms with E-state index in [2.05, 4.69) is 23.1 Å². The number of nitrogens with zero attached hydrogens (tertiary/aromatic N) is 2. The monoisotopic (exact) mass is 269 g/mol. The molecule has 0 saturated heterocycles. The van der Waals surface area contributed by atoms with Gasteiger partial charge in [0.05, 0.1) is 0 Å². The fourth-order valence-electron chi connectivity index (χ4n) is 0.999. The van der Waals surface area contributed by atoms with Gasteiger partial charge in [0.1, 0.15) is 0 Å². The first kappa shape index (κ1) is 15.3. The van der Waals surface area contributed by atoms with Crippen molar-refractivity contribution < 1.29 is 16.8 Å². The molecule has 87 valence electrons. The summed E-state index contributed by atoms with van der Waals surface area (Å²) in [6.45, 7) is 7.21. The van der Waals surface area contributed by atoms with Crippen LogP contribution in [0, 0.1) is 0 Å². The van der Waals surface area contributed by atoms with Crippen LogP contribution in [0.3, 0.4) is 0 Å². The van der Waals surface area contributed by atoms with E-state index in [1.807, 2.05) is 24.3 Å². The molecule has 0 aromatic carbocycles. The van der Waals surface area contributed by atoms with Gasteiger partial charge in [-0.25, -0.2) is 0 Å². The Morgan fingerprint density at radius 2 is 1.00 bits per heavy atom. The Bertz CT molecular complexity index is 383. The van der Waals surface area contributed by atoms with Crippen LogP contribution >= 0.6 is 0 Å². The topological polar surface area (TPSA) is 25.8 Å². The fourth-order valence-corrected chi connectivity index (χ4v) is 0.999. The summed E-state index contributed by atoms with van der Waals surface area (Å²) in [5, 5.41) is 0. The summed E-state index contributed by atoms with van der Waals surface area (Å²) < 4.78 is 0. The SMILES string of the molecule is C=Cc1ccncc1.C=Cc1ccncc1.[Co+2]. The first-order valence-electron chi connectivity index (χ1n) is 4.91. The molecule has 3 heteroatoms. The molecule has 0 saturated carbocycles. The second kappa shape index (κ2) is 9.51. The van der Waals surface area contributed by atoms with Crippen LogP contribution in [0.2, 0.25) is 0 Å². The molecular weight excluding hydrogens is 255 g/mol. The maximum atomic E-state index is 3.85. The molecule has 0 spiro atoms. The van der Waals surface area contributed by atoms with Gasteiger partial charge in [-0.1, -0.05) is 25.3 Å². The van der Waals surface area contributed by atoms with E-state index in [9.17, 15) is 0 Å². The molecule has 17 heavy (non-hydrogen) atoms. The largest absolute Gasteiger partial charge is 2.00 e. The molecule has 0 aliphatic carbocycles. The number of hydrogen-bond donors (Lipinski definition) is 0. The maximum absolute atomic E-state index is 3.85.